The van der Waals surface area contributed by atoms with Crippen LogP contribution in [0.4, 0.5) is 0 Å². The van der Waals surface area contributed by atoms with Crippen LogP contribution in [-0.2, 0) is 0 Å². The van der Waals surface area contributed by atoms with Crippen molar-refractivity contribution in [2.45, 2.75) is 139 Å². The fourth-order valence-corrected chi connectivity index (χ4v) is 11.7. The highest BCUT2D eigenvalue weighted by Crippen LogP contribution is 2.82. The second-order valence-corrected chi connectivity index (χ2v) is 16.1. The van der Waals surface area contributed by atoms with Crippen LogP contribution in [0.2, 0.25) is 0 Å². The van der Waals surface area contributed by atoms with Gasteiger partial charge in [0.15, 0.2) is 0 Å². The average molecular weight is 443 g/mol. The quantitative estimate of drug-likeness (QED) is 0.398. The largest absolute Gasteiger partial charge is 0.393 e. The maximum Gasteiger partial charge on any atom is 0.0571 e. The first-order valence-corrected chi connectivity index (χ1v) is 14.3. The molecule has 0 aliphatic heterocycles. The number of rotatable bonds is 0. The molecule has 0 aromatic heterocycles. The van der Waals surface area contributed by atoms with Crippen molar-refractivity contribution in [1.29, 1.82) is 0 Å². The predicted molar refractivity (Wildman–Crippen MR) is 135 cm³/mol. The Hall–Kier alpha value is -0.0400. The van der Waals surface area contributed by atoms with Gasteiger partial charge in [-0.2, -0.15) is 0 Å². The van der Waals surface area contributed by atoms with Crippen LogP contribution in [0, 0.1) is 55.7 Å². The summed E-state index contributed by atoms with van der Waals surface area (Å²) in [6.07, 6.45) is 14.9. The lowest BCUT2D eigenvalue weighted by Crippen LogP contribution is -2.72. The third-order valence-electron chi connectivity index (χ3n) is 14.9. The lowest BCUT2D eigenvalue weighted by Gasteiger charge is -2.79. The highest BCUT2D eigenvalue weighted by Gasteiger charge is 2.75. The Morgan fingerprint density at radius 1 is 0.594 bits per heavy atom. The normalized spacial score (nSPS) is 61.7. The molecule has 5 rings (SSSR count). The van der Waals surface area contributed by atoms with E-state index in [0.717, 1.165) is 18.3 Å². The molecule has 5 fully saturated rings. The Labute approximate surface area is 199 Å². The lowest BCUT2D eigenvalue weighted by atomic mass is 9.26. The molecule has 0 amide bonds. The highest BCUT2D eigenvalue weighted by atomic mass is 16.3. The molecule has 1 N–H and O–H groups in total. The standard InChI is InChI=1S/C31H54O/c1-21-22(32)10-11-23-27(21,5)15-19-31(9)28(23,6)16-17-29(7)24-20-25(2,3)12-13-26(24,4)14-18-30(29,31)8/h21-24,32H,10-20H2,1-9H3/t21-,22-,23?,24?,26+,27+,28-,29-,30-,31+/m0/s1. The molecule has 10 atom stereocenters. The van der Waals surface area contributed by atoms with E-state index in [-0.39, 0.29) is 6.10 Å². The van der Waals surface area contributed by atoms with Gasteiger partial charge in [-0.05, 0) is 126 Å². The molecule has 184 valence electrons. The topological polar surface area (TPSA) is 20.2 Å². The maximum atomic E-state index is 10.8. The first-order valence-electron chi connectivity index (χ1n) is 14.3. The Balaban J connectivity index is 1.59. The molecule has 32 heavy (non-hydrogen) atoms. The van der Waals surface area contributed by atoms with Crippen LogP contribution in [0.3, 0.4) is 0 Å². The number of aliphatic hydroxyl groups excluding tert-OH is 1. The first kappa shape index (κ1) is 23.7. The zero-order chi connectivity index (χ0) is 23.6. The van der Waals surface area contributed by atoms with E-state index in [9.17, 15) is 5.11 Å². The number of hydrogen-bond donors (Lipinski definition) is 1. The van der Waals surface area contributed by atoms with E-state index in [1.807, 2.05) is 0 Å². The third kappa shape index (κ3) is 2.57. The van der Waals surface area contributed by atoms with Crippen molar-refractivity contribution in [2.24, 2.45) is 55.7 Å². The van der Waals surface area contributed by atoms with E-state index in [4.69, 9.17) is 0 Å². The van der Waals surface area contributed by atoms with Gasteiger partial charge in [-0.3, -0.25) is 0 Å². The summed E-state index contributed by atoms with van der Waals surface area (Å²) in [6, 6.07) is 0. The highest BCUT2D eigenvalue weighted by molar-refractivity contribution is 5.23. The summed E-state index contributed by atoms with van der Waals surface area (Å²) >= 11 is 0. The van der Waals surface area contributed by atoms with Crippen LogP contribution in [0.1, 0.15) is 133 Å². The van der Waals surface area contributed by atoms with Crippen molar-refractivity contribution in [3.8, 4) is 0 Å². The average Bonchev–Trinajstić information content (AvgIpc) is 2.72. The van der Waals surface area contributed by atoms with Crippen molar-refractivity contribution < 1.29 is 5.11 Å². The lowest BCUT2D eigenvalue weighted by molar-refractivity contribution is -0.304. The fraction of sp³-hybridized carbons (Fsp3) is 1.00. The van der Waals surface area contributed by atoms with Crippen molar-refractivity contribution >= 4 is 0 Å². The van der Waals surface area contributed by atoms with Crippen molar-refractivity contribution in [3.63, 3.8) is 0 Å². The summed E-state index contributed by atoms with van der Waals surface area (Å²) in [5.41, 5.74) is 3.06. The molecule has 5 aliphatic carbocycles. The Bertz CT molecular complexity index is 785. The van der Waals surface area contributed by atoms with E-state index >= 15 is 0 Å². The zero-order valence-electron chi connectivity index (χ0n) is 23.0. The van der Waals surface area contributed by atoms with E-state index < -0.39 is 0 Å². The van der Waals surface area contributed by atoms with Gasteiger partial charge in [0, 0.05) is 0 Å². The summed E-state index contributed by atoms with van der Waals surface area (Å²) in [7, 11) is 0. The SMILES string of the molecule is C[C@H]1[C@@H](O)CCC2[C@]1(C)CC[C@@]1(C)[C@@]3(C)CC[C@@]4(C)CCC(C)(C)CC4[C@]3(C)CC[C@@]21C. The molecule has 5 aliphatic rings. The molecule has 5 saturated carbocycles. The van der Waals surface area contributed by atoms with Gasteiger partial charge in [-0.25, -0.2) is 0 Å². The fourth-order valence-electron chi connectivity index (χ4n) is 11.7. The minimum absolute atomic E-state index is 0.0893. The molecule has 0 aromatic rings. The summed E-state index contributed by atoms with van der Waals surface area (Å²) < 4.78 is 0. The predicted octanol–water partition coefficient (Wildman–Crippen LogP) is 8.64. The smallest absolute Gasteiger partial charge is 0.0571 e. The maximum absolute atomic E-state index is 10.8. The molecule has 2 unspecified atom stereocenters. The van der Waals surface area contributed by atoms with E-state index in [0.29, 0.717) is 43.8 Å². The number of fused-ring (bicyclic) bond motifs is 7. The van der Waals surface area contributed by atoms with Crippen LogP contribution in [0.15, 0.2) is 0 Å². The number of hydrogen-bond acceptors (Lipinski definition) is 1. The molecule has 1 nitrogen and oxygen atoms in total. The minimum Gasteiger partial charge on any atom is -0.393 e. The summed E-state index contributed by atoms with van der Waals surface area (Å²) in [5, 5.41) is 10.8. The monoisotopic (exact) mass is 442 g/mol. The van der Waals surface area contributed by atoms with Gasteiger partial charge in [0.2, 0.25) is 0 Å². The van der Waals surface area contributed by atoms with Crippen molar-refractivity contribution in [2.75, 3.05) is 0 Å². The Morgan fingerprint density at radius 3 is 1.75 bits per heavy atom. The summed E-state index contributed by atoms with van der Waals surface area (Å²) in [5.74, 6) is 2.08. The van der Waals surface area contributed by atoms with Gasteiger partial charge < -0.3 is 5.11 Å². The third-order valence-corrected chi connectivity index (χ3v) is 14.9. The summed E-state index contributed by atoms with van der Waals surface area (Å²) in [4.78, 5) is 0. The molecule has 0 heterocycles. The van der Waals surface area contributed by atoms with Crippen LogP contribution in [-0.4, -0.2) is 11.2 Å². The molecule has 0 bridgehead atoms. The Kier molecular flexibility index (Phi) is 4.88. The zero-order valence-corrected chi connectivity index (χ0v) is 23.0. The molecule has 0 aromatic carbocycles. The van der Waals surface area contributed by atoms with E-state index in [1.165, 1.54) is 64.2 Å². The summed E-state index contributed by atoms with van der Waals surface area (Å²) in [6.45, 7) is 23.7. The van der Waals surface area contributed by atoms with Crippen LogP contribution in [0.25, 0.3) is 0 Å². The van der Waals surface area contributed by atoms with Crippen molar-refractivity contribution in [1.82, 2.24) is 0 Å². The van der Waals surface area contributed by atoms with Crippen molar-refractivity contribution in [3.05, 3.63) is 0 Å². The molecule has 0 saturated heterocycles. The van der Waals surface area contributed by atoms with Crippen LogP contribution in [0.5, 0.6) is 0 Å². The van der Waals surface area contributed by atoms with Gasteiger partial charge in [0.1, 0.15) is 0 Å². The molecule has 0 radical (unpaired) electrons. The second-order valence-electron chi connectivity index (χ2n) is 16.1. The van der Waals surface area contributed by atoms with E-state index in [2.05, 4.69) is 62.3 Å². The molecule has 1 heteroatoms. The minimum atomic E-state index is -0.0893. The van der Waals surface area contributed by atoms with Gasteiger partial charge in [0.25, 0.3) is 0 Å². The Morgan fingerprint density at radius 2 is 1.12 bits per heavy atom. The molecule has 0 spiro atoms. The molecular weight excluding hydrogens is 388 g/mol. The van der Waals surface area contributed by atoms with Gasteiger partial charge in [-0.1, -0.05) is 62.3 Å². The van der Waals surface area contributed by atoms with Crippen LogP contribution < -0.4 is 0 Å². The van der Waals surface area contributed by atoms with Gasteiger partial charge >= 0.3 is 0 Å². The second kappa shape index (κ2) is 6.59. The van der Waals surface area contributed by atoms with Gasteiger partial charge in [0.05, 0.1) is 6.10 Å². The molecular formula is C31H54O. The van der Waals surface area contributed by atoms with Crippen LogP contribution >= 0.6 is 0 Å². The van der Waals surface area contributed by atoms with Gasteiger partial charge in [-0.15, -0.1) is 0 Å². The first-order chi connectivity index (χ1) is 14.6. The number of aliphatic hydroxyl groups is 1. The van der Waals surface area contributed by atoms with E-state index in [1.54, 1.807) is 0 Å².